The standard InChI is InChI=1S/C17H16FNOS/c1-2-11-21-16-6-4-3-5-15(16)17(20)19-12-13-7-9-14(18)10-8-13/h2-10H,1,11-12H2,(H,19,20). The summed E-state index contributed by atoms with van der Waals surface area (Å²) < 4.78 is 12.8. The Bertz CT molecular complexity index is 625. The van der Waals surface area contributed by atoms with E-state index < -0.39 is 0 Å². The third-order valence-corrected chi connectivity index (χ3v) is 3.92. The lowest BCUT2D eigenvalue weighted by Gasteiger charge is -2.09. The molecule has 0 heterocycles. The number of carbonyl (C=O) groups is 1. The molecule has 0 aliphatic rings. The van der Waals surface area contributed by atoms with Crippen LogP contribution in [0.1, 0.15) is 15.9 Å². The first-order chi connectivity index (χ1) is 10.2. The molecule has 0 fully saturated rings. The van der Waals surface area contributed by atoms with Crippen LogP contribution in [0.2, 0.25) is 0 Å². The van der Waals surface area contributed by atoms with Crippen molar-refractivity contribution in [2.45, 2.75) is 11.4 Å². The Balaban J connectivity index is 2.02. The largest absolute Gasteiger partial charge is 0.348 e. The number of benzene rings is 2. The molecule has 4 heteroatoms. The van der Waals surface area contributed by atoms with Gasteiger partial charge in [-0.1, -0.05) is 30.3 Å². The molecule has 2 nitrogen and oxygen atoms in total. The molecule has 1 amide bonds. The van der Waals surface area contributed by atoms with E-state index in [9.17, 15) is 9.18 Å². The second kappa shape index (κ2) is 7.64. The van der Waals surface area contributed by atoms with Crippen molar-refractivity contribution in [3.63, 3.8) is 0 Å². The number of rotatable bonds is 6. The van der Waals surface area contributed by atoms with Crippen molar-refractivity contribution in [1.29, 1.82) is 0 Å². The van der Waals surface area contributed by atoms with Crippen LogP contribution in [0.3, 0.4) is 0 Å². The van der Waals surface area contributed by atoms with Crippen LogP contribution in [0, 0.1) is 5.82 Å². The van der Waals surface area contributed by atoms with Crippen LogP contribution in [-0.2, 0) is 6.54 Å². The van der Waals surface area contributed by atoms with Crippen molar-refractivity contribution < 1.29 is 9.18 Å². The monoisotopic (exact) mass is 301 g/mol. The van der Waals surface area contributed by atoms with Crippen LogP contribution in [-0.4, -0.2) is 11.7 Å². The highest BCUT2D eigenvalue weighted by molar-refractivity contribution is 7.99. The summed E-state index contributed by atoms with van der Waals surface area (Å²) in [4.78, 5) is 13.2. The molecule has 0 radical (unpaired) electrons. The Morgan fingerprint density at radius 3 is 2.62 bits per heavy atom. The van der Waals surface area contributed by atoms with Gasteiger partial charge in [-0.3, -0.25) is 4.79 Å². The molecule has 0 saturated heterocycles. The van der Waals surface area contributed by atoms with Crippen molar-refractivity contribution >= 4 is 17.7 Å². The molecule has 0 saturated carbocycles. The fourth-order valence-electron chi connectivity index (χ4n) is 1.81. The lowest BCUT2D eigenvalue weighted by Crippen LogP contribution is -2.23. The number of hydrogen-bond donors (Lipinski definition) is 1. The lowest BCUT2D eigenvalue weighted by molar-refractivity contribution is 0.0948. The predicted octanol–water partition coefficient (Wildman–Crippen LogP) is 4.03. The maximum atomic E-state index is 12.8. The van der Waals surface area contributed by atoms with E-state index in [0.717, 1.165) is 16.2 Å². The number of thioether (sulfide) groups is 1. The first kappa shape index (κ1) is 15.3. The van der Waals surface area contributed by atoms with Crippen molar-refractivity contribution in [3.05, 3.63) is 78.1 Å². The molecule has 2 rings (SSSR count). The van der Waals surface area contributed by atoms with Crippen molar-refractivity contribution in [2.24, 2.45) is 0 Å². The summed E-state index contributed by atoms with van der Waals surface area (Å²) >= 11 is 1.57. The number of nitrogens with one attached hydrogen (secondary N) is 1. The van der Waals surface area contributed by atoms with Gasteiger partial charge in [-0.2, -0.15) is 0 Å². The van der Waals surface area contributed by atoms with Crippen LogP contribution in [0.25, 0.3) is 0 Å². The predicted molar refractivity (Wildman–Crippen MR) is 84.9 cm³/mol. The molecular formula is C17H16FNOS. The fraction of sp³-hybridized carbons (Fsp3) is 0.118. The van der Waals surface area contributed by atoms with E-state index in [1.165, 1.54) is 12.1 Å². The average molecular weight is 301 g/mol. The van der Waals surface area contributed by atoms with E-state index in [0.29, 0.717) is 12.1 Å². The Labute approximate surface area is 128 Å². The maximum Gasteiger partial charge on any atom is 0.252 e. The minimum Gasteiger partial charge on any atom is -0.348 e. The van der Waals surface area contributed by atoms with Gasteiger partial charge in [0.15, 0.2) is 0 Å². The summed E-state index contributed by atoms with van der Waals surface area (Å²) in [6, 6.07) is 13.5. The topological polar surface area (TPSA) is 29.1 Å². The normalized spacial score (nSPS) is 10.1. The molecule has 0 aliphatic heterocycles. The van der Waals surface area contributed by atoms with Crippen LogP contribution in [0.4, 0.5) is 4.39 Å². The van der Waals surface area contributed by atoms with Crippen molar-refractivity contribution in [1.82, 2.24) is 5.32 Å². The number of carbonyl (C=O) groups excluding carboxylic acids is 1. The third-order valence-electron chi connectivity index (χ3n) is 2.85. The van der Waals surface area contributed by atoms with Gasteiger partial charge >= 0.3 is 0 Å². The highest BCUT2D eigenvalue weighted by Gasteiger charge is 2.10. The van der Waals surface area contributed by atoms with E-state index in [1.807, 2.05) is 18.2 Å². The van der Waals surface area contributed by atoms with Gasteiger partial charge in [0.25, 0.3) is 5.91 Å². The quantitative estimate of drug-likeness (QED) is 0.644. The van der Waals surface area contributed by atoms with Gasteiger partial charge in [-0.15, -0.1) is 18.3 Å². The van der Waals surface area contributed by atoms with Gasteiger partial charge in [0, 0.05) is 17.2 Å². The Kier molecular flexibility index (Phi) is 5.58. The molecule has 108 valence electrons. The van der Waals surface area contributed by atoms with E-state index in [1.54, 1.807) is 36.0 Å². The van der Waals surface area contributed by atoms with Crippen molar-refractivity contribution in [2.75, 3.05) is 5.75 Å². The summed E-state index contributed by atoms with van der Waals surface area (Å²) in [6.07, 6.45) is 1.80. The highest BCUT2D eigenvalue weighted by Crippen LogP contribution is 2.22. The second-order valence-electron chi connectivity index (χ2n) is 4.40. The summed E-state index contributed by atoms with van der Waals surface area (Å²) in [5.41, 5.74) is 1.51. The Morgan fingerprint density at radius 2 is 1.90 bits per heavy atom. The molecule has 21 heavy (non-hydrogen) atoms. The smallest absolute Gasteiger partial charge is 0.252 e. The van der Waals surface area contributed by atoms with Crippen LogP contribution in [0.15, 0.2) is 66.1 Å². The van der Waals surface area contributed by atoms with E-state index in [2.05, 4.69) is 11.9 Å². The molecule has 0 unspecified atom stereocenters. The zero-order valence-corrected chi connectivity index (χ0v) is 12.3. The summed E-state index contributed by atoms with van der Waals surface area (Å²) in [5.74, 6) is 0.338. The first-order valence-corrected chi connectivity index (χ1v) is 7.54. The van der Waals surface area contributed by atoms with Gasteiger partial charge in [-0.05, 0) is 29.8 Å². The third kappa shape index (κ3) is 4.46. The van der Waals surface area contributed by atoms with Gasteiger partial charge in [0.05, 0.1) is 5.56 Å². The first-order valence-electron chi connectivity index (χ1n) is 6.56. The number of amides is 1. The summed E-state index contributed by atoms with van der Waals surface area (Å²) in [7, 11) is 0. The highest BCUT2D eigenvalue weighted by atomic mass is 32.2. The Hall–Kier alpha value is -2.07. The molecule has 2 aromatic carbocycles. The summed E-state index contributed by atoms with van der Waals surface area (Å²) in [6.45, 7) is 4.06. The van der Waals surface area contributed by atoms with Gasteiger partial charge in [-0.25, -0.2) is 4.39 Å². The maximum absolute atomic E-state index is 12.8. The molecule has 0 spiro atoms. The van der Waals surface area contributed by atoms with Crippen LogP contribution >= 0.6 is 11.8 Å². The molecule has 0 bridgehead atoms. The van der Waals surface area contributed by atoms with E-state index in [-0.39, 0.29) is 11.7 Å². The number of hydrogen-bond acceptors (Lipinski definition) is 2. The average Bonchev–Trinajstić information content (AvgIpc) is 2.52. The van der Waals surface area contributed by atoms with Gasteiger partial charge in [0.2, 0.25) is 0 Å². The Morgan fingerprint density at radius 1 is 1.19 bits per heavy atom. The lowest BCUT2D eigenvalue weighted by atomic mass is 10.2. The number of halogens is 1. The van der Waals surface area contributed by atoms with Gasteiger partial charge in [0.1, 0.15) is 5.82 Å². The molecule has 0 aliphatic carbocycles. The zero-order chi connectivity index (χ0) is 15.1. The van der Waals surface area contributed by atoms with E-state index in [4.69, 9.17) is 0 Å². The minimum absolute atomic E-state index is 0.133. The van der Waals surface area contributed by atoms with E-state index >= 15 is 0 Å². The minimum atomic E-state index is -0.281. The molecule has 1 N–H and O–H groups in total. The molecular weight excluding hydrogens is 285 g/mol. The van der Waals surface area contributed by atoms with Crippen molar-refractivity contribution in [3.8, 4) is 0 Å². The fourth-order valence-corrected chi connectivity index (χ4v) is 2.60. The van der Waals surface area contributed by atoms with Gasteiger partial charge < -0.3 is 5.32 Å². The zero-order valence-electron chi connectivity index (χ0n) is 11.5. The van der Waals surface area contributed by atoms with Crippen LogP contribution < -0.4 is 5.32 Å². The summed E-state index contributed by atoms with van der Waals surface area (Å²) in [5, 5.41) is 2.85. The SMILES string of the molecule is C=CCSc1ccccc1C(=O)NCc1ccc(F)cc1. The molecule has 0 aromatic heterocycles. The molecule has 0 atom stereocenters. The second-order valence-corrected chi connectivity index (χ2v) is 5.47. The molecule has 2 aromatic rings. The van der Waals surface area contributed by atoms with Crippen LogP contribution in [0.5, 0.6) is 0 Å².